The van der Waals surface area contributed by atoms with Gasteiger partial charge in [0.15, 0.2) is 6.61 Å². The molecule has 0 saturated heterocycles. The molecule has 6 heteroatoms. The number of halogens is 1. The quantitative estimate of drug-likeness (QED) is 0.595. The molecule has 0 spiro atoms. The summed E-state index contributed by atoms with van der Waals surface area (Å²) in [5, 5.41) is 3.57. The van der Waals surface area contributed by atoms with E-state index in [0.29, 0.717) is 30.3 Å². The molecule has 0 bridgehead atoms. The number of ether oxygens (including phenoxy) is 1. The van der Waals surface area contributed by atoms with E-state index in [1.54, 1.807) is 23.1 Å². The van der Waals surface area contributed by atoms with Gasteiger partial charge >= 0.3 is 0 Å². The minimum atomic E-state index is -0.556. The van der Waals surface area contributed by atoms with E-state index in [-0.39, 0.29) is 18.4 Å². The van der Waals surface area contributed by atoms with Gasteiger partial charge in [0.2, 0.25) is 5.91 Å². The molecule has 0 saturated carbocycles. The van der Waals surface area contributed by atoms with Gasteiger partial charge in [-0.05, 0) is 61.6 Å². The molecule has 1 atom stereocenters. The van der Waals surface area contributed by atoms with Crippen LogP contribution in [0.3, 0.4) is 0 Å². The highest BCUT2D eigenvalue weighted by molar-refractivity contribution is 6.31. The Hall–Kier alpha value is -2.53. The van der Waals surface area contributed by atoms with E-state index in [2.05, 4.69) is 5.32 Å². The first-order valence-electron chi connectivity index (χ1n) is 10.4. The highest BCUT2D eigenvalue weighted by Gasteiger charge is 2.29. The number of benzene rings is 2. The number of aryl methyl sites for hydroxylation is 2. The summed E-state index contributed by atoms with van der Waals surface area (Å²) in [5.41, 5.74) is 2.96. The van der Waals surface area contributed by atoms with Crippen molar-refractivity contribution in [3.63, 3.8) is 0 Å². The molecule has 2 amide bonds. The zero-order valence-electron chi connectivity index (χ0n) is 18.2. The molecule has 162 valence electrons. The third-order valence-corrected chi connectivity index (χ3v) is 5.45. The van der Waals surface area contributed by atoms with Crippen molar-refractivity contribution in [3.8, 4) is 5.75 Å². The summed E-state index contributed by atoms with van der Waals surface area (Å²) in [4.78, 5) is 27.5. The van der Waals surface area contributed by atoms with Gasteiger partial charge in [-0.15, -0.1) is 0 Å². The molecule has 0 heterocycles. The lowest BCUT2D eigenvalue weighted by Crippen LogP contribution is -2.50. The molecule has 0 aliphatic heterocycles. The molecular formula is C24H31ClN2O3. The van der Waals surface area contributed by atoms with Gasteiger partial charge in [-0.25, -0.2) is 0 Å². The van der Waals surface area contributed by atoms with E-state index in [0.717, 1.165) is 23.1 Å². The number of nitrogens with zero attached hydrogens (tertiary/aromatic N) is 1. The third kappa shape index (κ3) is 6.49. The van der Waals surface area contributed by atoms with Crippen LogP contribution in [0.4, 0.5) is 0 Å². The molecule has 0 aromatic heterocycles. The Balaban J connectivity index is 2.21. The van der Waals surface area contributed by atoms with Crippen molar-refractivity contribution in [2.24, 2.45) is 0 Å². The number of carbonyl (C=O) groups excluding carboxylic acids is 2. The average Bonchev–Trinajstić information content (AvgIpc) is 2.74. The average molecular weight is 431 g/mol. The van der Waals surface area contributed by atoms with Crippen molar-refractivity contribution in [1.82, 2.24) is 10.2 Å². The van der Waals surface area contributed by atoms with Crippen molar-refractivity contribution >= 4 is 23.4 Å². The van der Waals surface area contributed by atoms with Gasteiger partial charge in [0.05, 0.1) is 0 Å². The third-order valence-electron chi connectivity index (χ3n) is 5.03. The maximum absolute atomic E-state index is 13.2. The number of rotatable bonds is 10. The van der Waals surface area contributed by atoms with E-state index in [1.807, 2.05) is 52.0 Å². The Morgan fingerprint density at radius 3 is 2.47 bits per heavy atom. The molecule has 0 unspecified atom stereocenters. The lowest BCUT2D eigenvalue weighted by Gasteiger charge is -2.31. The molecule has 2 aromatic rings. The Labute approximate surface area is 184 Å². The fourth-order valence-corrected chi connectivity index (χ4v) is 3.31. The van der Waals surface area contributed by atoms with Crippen molar-refractivity contribution in [3.05, 3.63) is 64.2 Å². The van der Waals surface area contributed by atoms with Crippen molar-refractivity contribution in [2.75, 3.05) is 13.2 Å². The molecule has 1 N–H and O–H groups in total. The van der Waals surface area contributed by atoms with Gasteiger partial charge in [-0.1, -0.05) is 49.7 Å². The molecule has 5 nitrogen and oxygen atoms in total. The first-order chi connectivity index (χ1) is 14.4. The largest absolute Gasteiger partial charge is 0.484 e. The SMILES string of the molecule is CCCNC(=O)[C@H](CC)N(Cc1ccccc1C)C(=O)COc1ccc(Cl)c(C)c1. The van der Waals surface area contributed by atoms with Crippen LogP contribution >= 0.6 is 11.6 Å². The van der Waals surface area contributed by atoms with Crippen LogP contribution in [0.15, 0.2) is 42.5 Å². The van der Waals surface area contributed by atoms with Crippen LogP contribution in [0.5, 0.6) is 5.75 Å². The standard InChI is InChI=1S/C24H31ClN2O3/c1-5-13-26-24(29)22(6-2)27(15-19-10-8-7-9-17(19)3)23(28)16-30-20-11-12-21(25)18(4)14-20/h7-12,14,22H,5-6,13,15-16H2,1-4H3,(H,26,29)/t22-/m0/s1. The Morgan fingerprint density at radius 1 is 1.10 bits per heavy atom. The van der Waals surface area contributed by atoms with E-state index < -0.39 is 6.04 Å². The summed E-state index contributed by atoms with van der Waals surface area (Å²) in [7, 11) is 0. The molecule has 0 aliphatic rings. The normalized spacial score (nSPS) is 11.6. The number of nitrogens with one attached hydrogen (secondary N) is 1. The second-order valence-electron chi connectivity index (χ2n) is 7.36. The Morgan fingerprint density at radius 2 is 1.83 bits per heavy atom. The summed E-state index contributed by atoms with van der Waals surface area (Å²) in [6, 6.07) is 12.6. The monoisotopic (exact) mass is 430 g/mol. The van der Waals surface area contributed by atoms with Crippen LogP contribution < -0.4 is 10.1 Å². The highest BCUT2D eigenvalue weighted by atomic mass is 35.5. The predicted molar refractivity (Wildman–Crippen MR) is 121 cm³/mol. The zero-order chi connectivity index (χ0) is 22.1. The van der Waals surface area contributed by atoms with Crippen molar-refractivity contribution in [2.45, 2.75) is 53.1 Å². The molecular weight excluding hydrogens is 400 g/mol. The number of hydrogen-bond acceptors (Lipinski definition) is 3. The minimum absolute atomic E-state index is 0.136. The maximum Gasteiger partial charge on any atom is 0.261 e. The lowest BCUT2D eigenvalue weighted by molar-refractivity contribution is -0.143. The molecule has 0 aliphatic carbocycles. The van der Waals surface area contributed by atoms with E-state index in [1.165, 1.54) is 0 Å². The summed E-state index contributed by atoms with van der Waals surface area (Å²) in [6.45, 7) is 8.59. The van der Waals surface area contributed by atoms with Crippen LogP contribution in [0, 0.1) is 13.8 Å². The molecule has 0 fully saturated rings. The fourth-order valence-electron chi connectivity index (χ4n) is 3.19. The summed E-state index contributed by atoms with van der Waals surface area (Å²) >= 11 is 6.06. The fraction of sp³-hybridized carbons (Fsp3) is 0.417. The van der Waals surface area contributed by atoms with Crippen LogP contribution in [0.25, 0.3) is 0 Å². The van der Waals surface area contributed by atoms with E-state index in [4.69, 9.17) is 16.3 Å². The zero-order valence-corrected chi connectivity index (χ0v) is 19.0. The van der Waals surface area contributed by atoms with Gasteiger partial charge in [0.25, 0.3) is 5.91 Å². The first kappa shape index (κ1) is 23.7. The van der Waals surface area contributed by atoms with Crippen LogP contribution in [-0.2, 0) is 16.1 Å². The smallest absolute Gasteiger partial charge is 0.261 e. The van der Waals surface area contributed by atoms with Crippen LogP contribution in [-0.4, -0.2) is 35.9 Å². The van der Waals surface area contributed by atoms with Crippen LogP contribution in [0.2, 0.25) is 5.02 Å². The lowest BCUT2D eigenvalue weighted by atomic mass is 10.1. The number of carbonyl (C=O) groups is 2. The second kappa shape index (κ2) is 11.6. The summed E-state index contributed by atoms with van der Waals surface area (Å²) in [5.74, 6) is 0.206. The molecule has 2 rings (SSSR count). The predicted octanol–water partition coefficient (Wildman–Crippen LogP) is 4.67. The maximum atomic E-state index is 13.2. The van der Waals surface area contributed by atoms with Gasteiger partial charge in [-0.3, -0.25) is 9.59 Å². The van der Waals surface area contributed by atoms with Gasteiger partial charge in [0.1, 0.15) is 11.8 Å². The number of amides is 2. The summed E-state index contributed by atoms with van der Waals surface area (Å²) < 4.78 is 5.73. The highest BCUT2D eigenvalue weighted by Crippen LogP contribution is 2.21. The number of hydrogen-bond donors (Lipinski definition) is 1. The topological polar surface area (TPSA) is 58.6 Å². The van der Waals surface area contributed by atoms with E-state index >= 15 is 0 Å². The molecule has 2 aromatic carbocycles. The Kier molecular flexibility index (Phi) is 9.18. The Bertz CT molecular complexity index is 869. The molecule has 0 radical (unpaired) electrons. The van der Waals surface area contributed by atoms with Gasteiger partial charge < -0.3 is 15.0 Å². The van der Waals surface area contributed by atoms with Crippen LogP contribution in [0.1, 0.15) is 43.4 Å². The second-order valence-corrected chi connectivity index (χ2v) is 7.77. The summed E-state index contributed by atoms with van der Waals surface area (Å²) in [6.07, 6.45) is 1.36. The van der Waals surface area contributed by atoms with Gasteiger partial charge in [-0.2, -0.15) is 0 Å². The van der Waals surface area contributed by atoms with Crippen molar-refractivity contribution < 1.29 is 14.3 Å². The molecule has 30 heavy (non-hydrogen) atoms. The minimum Gasteiger partial charge on any atom is -0.484 e. The van der Waals surface area contributed by atoms with Crippen molar-refractivity contribution in [1.29, 1.82) is 0 Å². The van der Waals surface area contributed by atoms with E-state index in [9.17, 15) is 9.59 Å². The first-order valence-corrected chi connectivity index (χ1v) is 10.8. The van der Waals surface area contributed by atoms with Gasteiger partial charge in [0, 0.05) is 18.1 Å².